The number of sulfone groups is 1. The Morgan fingerprint density at radius 2 is 1.57 bits per heavy atom. The van der Waals surface area contributed by atoms with Crippen molar-refractivity contribution < 1.29 is 17.6 Å². The summed E-state index contributed by atoms with van der Waals surface area (Å²) in [5.74, 6) is -0.179. The third kappa shape index (κ3) is 4.70. The van der Waals surface area contributed by atoms with E-state index in [1.807, 2.05) is 30.3 Å². The second kappa shape index (κ2) is 8.89. The maximum atomic E-state index is 13.0. The fourth-order valence-corrected chi connectivity index (χ4v) is 4.14. The molecule has 3 rings (SSSR count). The maximum absolute atomic E-state index is 13.0. The Labute approximate surface area is 165 Å². The zero-order valence-electron chi connectivity index (χ0n) is 15.7. The van der Waals surface area contributed by atoms with Crippen LogP contribution < -0.4 is 4.90 Å². The van der Waals surface area contributed by atoms with Crippen LogP contribution in [0.4, 0.5) is 5.69 Å². The first-order chi connectivity index (χ1) is 13.5. The molecule has 0 saturated carbocycles. The average Bonchev–Trinajstić information content (AvgIpc) is 3.17. The van der Waals surface area contributed by atoms with Gasteiger partial charge in [-0.25, -0.2) is 8.42 Å². The molecule has 0 aliphatic rings. The van der Waals surface area contributed by atoms with E-state index < -0.39 is 9.84 Å². The molecule has 0 bridgehead atoms. The third-order valence-electron chi connectivity index (χ3n) is 4.36. The van der Waals surface area contributed by atoms with E-state index in [2.05, 4.69) is 6.92 Å². The summed E-state index contributed by atoms with van der Waals surface area (Å²) in [7, 11) is -3.53. The number of carbonyl (C=O) groups is 1. The number of hydrogen-bond donors (Lipinski definition) is 0. The van der Waals surface area contributed by atoms with Crippen molar-refractivity contribution >= 4 is 21.4 Å². The molecule has 0 atom stereocenters. The number of para-hydroxylation sites is 1. The molecule has 146 valence electrons. The predicted octanol–water partition coefficient (Wildman–Crippen LogP) is 4.70. The first kappa shape index (κ1) is 19.9. The van der Waals surface area contributed by atoms with E-state index in [0.29, 0.717) is 6.54 Å². The van der Waals surface area contributed by atoms with Gasteiger partial charge in [0.1, 0.15) is 11.5 Å². The summed E-state index contributed by atoms with van der Waals surface area (Å²) < 4.78 is 30.7. The highest BCUT2D eigenvalue weighted by Crippen LogP contribution is 2.22. The van der Waals surface area contributed by atoms with Gasteiger partial charge in [0, 0.05) is 12.2 Å². The first-order valence-corrected chi connectivity index (χ1v) is 10.9. The molecule has 3 aromatic rings. The molecule has 28 heavy (non-hydrogen) atoms. The molecule has 1 amide bonds. The highest BCUT2D eigenvalue weighted by atomic mass is 32.2. The van der Waals surface area contributed by atoms with Crippen LogP contribution in [0.25, 0.3) is 0 Å². The van der Waals surface area contributed by atoms with E-state index in [-0.39, 0.29) is 28.1 Å². The minimum absolute atomic E-state index is 0.137. The number of anilines is 1. The second-order valence-corrected chi connectivity index (χ2v) is 8.47. The zero-order chi connectivity index (χ0) is 20.0. The Bertz CT molecular complexity index is 1010. The monoisotopic (exact) mass is 397 g/mol. The maximum Gasteiger partial charge on any atom is 0.293 e. The van der Waals surface area contributed by atoms with Crippen LogP contribution in [-0.4, -0.2) is 20.9 Å². The van der Waals surface area contributed by atoms with Crippen molar-refractivity contribution in [2.45, 2.75) is 30.4 Å². The first-order valence-electron chi connectivity index (χ1n) is 9.24. The van der Waals surface area contributed by atoms with Crippen molar-refractivity contribution in [2.75, 3.05) is 11.4 Å². The van der Waals surface area contributed by atoms with Crippen LogP contribution in [0.1, 0.15) is 36.1 Å². The van der Waals surface area contributed by atoms with Crippen molar-refractivity contribution in [3.8, 4) is 0 Å². The summed E-state index contributed by atoms with van der Waals surface area (Å²) in [4.78, 5) is 14.9. The van der Waals surface area contributed by atoms with Crippen molar-refractivity contribution in [3.05, 3.63) is 84.3 Å². The van der Waals surface area contributed by atoms with Crippen molar-refractivity contribution in [1.82, 2.24) is 0 Å². The Morgan fingerprint density at radius 1 is 0.929 bits per heavy atom. The molecule has 0 spiro atoms. The summed E-state index contributed by atoms with van der Waals surface area (Å²) >= 11 is 0. The van der Waals surface area contributed by atoms with Gasteiger partial charge in [-0.1, -0.05) is 49.7 Å². The van der Waals surface area contributed by atoms with Crippen molar-refractivity contribution in [3.63, 3.8) is 0 Å². The molecule has 6 heteroatoms. The standard InChI is InChI=1S/C22H23NO4S/c1-2-3-16-23(18-10-6-4-7-11-18)22(24)21-15-14-19(27-21)17-28(25,26)20-12-8-5-9-13-20/h4-15H,2-3,16-17H2,1H3. The van der Waals surface area contributed by atoms with Crippen LogP contribution in [-0.2, 0) is 15.6 Å². The molecule has 0 N–H and O–H groups in total. The van der Waals surface area contributed by atoms with Crippen molar-refractivity contribution in [1.29, 1.82) is 0 Å². The lowest BCUT2D eigenvalue weighted by molar-refractivity contribution is 0.0958. The van der Waals surface area contributed by atoms with E-state index >= 15 is 0 Å². The molecule has 0 radical (unpaired) electrons. The number of unbranched alkanes of at least 4 members (excludes halogenated alkanes) is 1. The smallest absolute Gasteiger partial charge is 0.293 e. The number of amides is 1. The Morgan fingerprint density at radius 3 is 2.21 bits per heavy atom. The van der Waals surface area contributed by atoms with E-state index in [1.54, 1.807) is 47.4 Å². The molecule has 0 unspecified atom stereocenters. The number of hydrogen-bond acceptors (Lipinski definition) is 4. The van der Waals surface area contributed by atoms with Gasteiger partial charge < -0.3 is 9.32 Å². The lowest BCUT2D eigenvalue weighted by atomic mass is 10.2. The summed E-state index contributed by atoms with van der Waals surface area (Å²) in [6.07, 6.45) is 1.81. The molecular formula is C22H23NO4S. The average molecular weight is 397 g/mol. The summed E-state index contributed by atoms with van der Waals surface area (Å²) in [6.45, 7) is 2.63. The van der Waals surface area contributed by atoms with Crippen LogP contribution >= 0.6 is 0 Å². The van der Waals surface area contributed by atoms with E-state index in [0.717, 1.165) is 18.5 Å². The molecule has 0 fully saturated rings. The van der Waals surface area contributed by atoms with E-state index in [4.69, 9.17) is 4.42 Å². The zero-order valence-corrected chi connectivity index (χ0v) is 16.6. The molecule has 0 saturated heterocycles. The molecule has 0 aliphatic carbocycles. The molecule has 1 aromatic heterocycles. The second-order valence-electron chi connectivity index (χ2n) is 6.48. The quantitative estimate of drug-likeness (QED) is 0.552. The molecule has 0 aliphatic heterocycles. The molecule has 1 heterocycles. The van der Waals surface area contributed by atoms with Crippen LogP contribution in [0.2, 0.25) is 0 Å². The normalized spacial score (nSPS) is 11.3. The minimum Gasteiger partial charge on any atom is -0.455 e. The predicted molar refractivity (Wildman–Crippen MR) is 109 cm³/mol. The lowest BCUT2D eigenvalue weighted by Gasteiger charge is -2.21. The van der Waals surface area contributed by atoms with Gasteiger partial charge in [-0.15, -0.1) is 0 Å². The Balaban J connectivity index is 1.80. The van der Waals surface area contributed by atoms with E-state index in [9.17, 15) is 13.2 Å². The van der Waals surface area contributed by atoms with Gasteiger partial charge in [0.15, 0.2) is 15.6 Å². The van der Waals surface area contributed by atoms with Gasteiger partial charge in [0.05, 0.1) is 4.90 Å². The van der Waals surface area contributed by atoms with Gasteiger partial charge in [0.25, 0.3) is 5.91 Å². The lowest BCUT2D eigenvalue weighted by Crippen LogP contribution is -2.31. The van der Waals surface area contributed by atoms with Crippen LogP contribution in [0.15, 0.2) is 82.1 Å². The summed E-state index contributed by atoms with van der Waals surface area (Å²) in [5.41, 5.74) is 0.788. The van der Waals surface area contributed by atoms with E-state index in [1.165, 1.54) is 0 Å². The fourth-order valence-electron chi connectivity index (χ4n) is 2.87. The van der Waals surface area contributed by atoms with Crippen LogP contribution in [0.5, 0.6) is 0 Å². The molecule has 5 nitrogen and oxygen atoms in total. The van der Waals surface area contributed by atoms with Gasteiger partial charge in [-0.2, -0.15) is 0 Å². The SMILES string of the molecule is CCCCN(C(=O)c1ccc(CS(=O)(=O)c2ccccc2)o1)c1ccccc1. The van der Waals surface area contributed by atoms with Gasteiger partial charge in [0.2, 0.25) is 0 Å². The van der Waals surface area contributed by atoms with Crippen LogP contribution in [0, 0.1) is 0 Å². The Kier molecular flexibility index (Phi) is 6.31. The fraction of sp³-hybridized carbons (Fsp3) is 0.227. The largest absolute Gasteiger partial charge is 0.455 e. The number of rotatable bonds is 8. The summed E-state index contributed by atoms with van der Waals surface area (Å²) in [5, 5.41) is 0. The van der Waals surface area contributed by atoms with Crippen molar-refractivity contribution in [2.24, 2.45) is 0 Å². The third-order valence-corrected chi connectivity index (χ3v) is 6.01. The van der Waals surface area contributed by atoms with Crippen LogP contribution in [0.3, 0.4) is 0 Å². The number of furan rings is 1. The number of benzene rings is 2. The molecular weight excluding hydrogens is 374 g/mol. The Hall–Kier alpha value is -2.86. The highest BCUT2D eigenvalue weighted by molar-refractivity contribution is 7.90. The van der Waals surface area contributed by atoms with Gasteiger partial charge >= 0.3 is 0 Å². The highest BCUT2D eigenvalue weighted by Gasteiger charge is 2.23. The summed E-state index contributed by atoms with van der Waals surface area (Å²) in [6, 6.07) is 20.7. The van der Waals surface area contributed by atoms with Gasteiger partial charge in [-0.05, 0) is 42.8 Å². The number of nitrogens with zero attached hydrogens (tertiary/aromatic N) is 1. The number of carbonyl (C=O) groups excluding carboxylic acids is 1. The molecule has 2 aromatic carbocycles. The topological polar surface area (TPSA) is 67.6 Å². The van der Waals surface area contributed by atoms with Gasteiger partial charge in [-0.3, -0.25) is 4.79 Å². The minimum atomic E-state index is -3.53.